The number of carbonyl (C=O) groups is 1. The molecule has 7 nitrogen and oxygen atoms in total. The number of fused-ring (bicyclic) bond motifs is 3. The lowest BCUT2D eigenvalue weighted by Gasteiger charge is -2.23. The third-order valence-corrected chi connectivity index (χ3v) is 9.16. The lowest BCUT2D eigenvalue weighted by Crippen LogP contribution is -2.30. The quantitative estimate of drug-likeness (QED) is 0.371. The van der Waals surface area contributed by atoms with E-state index in [1.54, 1.807) is 6.92 Å². The van der Waals surface area contributed by atoms with Gasteiger partial charge < -0.3 is 14.6 Å². The van der Waals surface area contributed by atoms with Crippen LogP contribution in [0, 0.1) is 11.8 Å². The summed E-state index contributed by atoms with van der Waals surface area (Å²) >= 11 is 0. The third kappa shape index (κ3) is 6.83. The van der Waals surface area contributed by atoms with Gasteiger partial charge in [0.2, 0.25) is 5.88 Å². The number of hydrogen-bond donors (Lipinski definition) is 1. The van der Waals surface area contributed by atoms with Crippen molar-refractivity contribution in [2.75, 3.05) is 11.5 Å². The molecule has 0 spiro atoms. The second kappa shape index (κ2) is 12.1. The fourth-order valence-electron chi connectivity index (χ4n) is 5.33. The van der Waals surface area contributed by atoms with Crippen LogP contribution in [0.1, 0.15) is 60.9 Å². The summed E-state index contributed by atoms with van der Waals surface area (Å²) in [6.45, 7) is 2.11. The smallest absolute Gasteiger partial charge is 0.304 e. The predicted octanol–water partition coefficient (Wildman–Crippen LogP) is 5.35. The van der Waals surface area contributed by atoms with Gasteiger partial charge in [-0.1, -0.05) is 30.2 Å². The van der Waals surface area contributed by atoms with E-state index in [2.05, 4.69) is 36.1 Å². The summed E-state index contributed by atoms with van der Waals surface area (Å²) in [5.74, 6) is 6.17. The summed E-state index contributed by atoms with van der Waals surface area (Å²) in [4.78, 5) is 16.0. The zero-order valence-corrected chi connectivity index (χ0v) is 23.4. The highest BCUT2D eigenvalue weighted by Gasteiger charge is 2.26. The number of aliphatic carboxylic acids is 1. The van der Waals surface area contributed by atoms with Crippen LogP contribution in [0.25, 0.3) is 11.1 Å². The van der Waals surface area contributed by atoms with Crippen molar-refractivity contribution >= 4 is 15.8 Å². The molecule has 208 valence electrons. The minimum absolute atomic E-state index is 0.0367. The number of rotatable bonds is 8. The van der Waals surface area contributed by atoms with E-state index in [-0.39, 0.29) is 29.9 Å². The van der Waals surface area contributed by atoms with Crippen LogP contribution in [0.3, 0.4) is 0 Å². The molecule has 2 aliphatic rings. The monoisotopic (exact) mass is 559 g/mol. The number of aryl methyl sites for hydroxylation is 2. The summed E-state index contributed by atoms with van der Waals surface area (Å²) in [5, 5.41) is 9.17. The molecule has 1 N–H and O–H groups in total. The number of carboxylic acids is 1. The minimum Gasteiger partial charge on any atom is -0.489 e. The van der Waals surface area contributed by atoms with Gasteiger partial charge >= 0.3 is 5.97 Å². The number of benzene rings is 2. The van der Waals surface area contributed by atoms with Crippen molar-refractivity contribution in [3.8, 4) is 34.6 Å². The maximum atomic E-state index is 11.7. The Morgan fingerprint density at radius 2 is 1.82 bits per heavy atom. The molecule has 1 aromatic heterocycles. The Balaban J connectivity index is 1.28. The Bertz CT molecular complexity index is 1540. The average molecular weight is 560 g/mol. The van der Waals surface area contributed by atoms with Gasteiger partial charge in [0.1, 0.15) is 18.5 Å². The Morgan fingerprint density at radius 3 is 2.55 bits per heavy atom. The highest BCUT2D eigenvalue weighted by molar-refractivity contribution is 7.91. The summed E-state index contributed by atoms with van der Waals surface area (Å²) in [7, 11) is -2.93. The van der Waals surface area contributed by atoms with E-state index >= 15 is 0 Å². The molecular formula is C32H33NO6S. The van der Waals surface area contributed by atoms with Gasteiger partial charge in [-0.05, 0) is 85.5 Å². The summed E-state index contributed by atoms with van der Waals surface area (Å²) in [5.41, 5.74) is 6.43. The molecule has 1 aliphatic carbocycles. The van der Waals surface area contributed by atoms with Gasteiger partial charge in [-0.25, -0.2) is 13.4 Å². The molecule has 1 saturated heterocycles. The second-order valence-corrected chi connectivity index (χ2v) is 12.7. The van der Waals surface area contributed by atoms with E-state index < -0.39 is 15.8 Å². The summed E-state index contributed by atoms with van der Waals surface area (Å²) in [6.07, 6.45) is 3.66. The number of carboxylic acid groups (broad SMARTS) is 1. The van der Waals surface area contributed by atoms with E-state index in [4.69, 9.17) is 14.5 Å². The first-order valence-electron chi connectivity index (χ1n) is 13.7. The van der Waals surface area contributed by atoms with Crippen molar-refractivity contribution in [3.05, 3.63) is 77.0 Å². The van der Waals surface area contributed by atoms with E-state index in [1.165, 1.54) is 5.56 Å². The minimum atomic E-state index is -2.93. The molecule has 0 amide bonds. The lowest BCUT2D eigenvalue weighted by atomic mass is 9.96. The van der Waals surface area contributed by atoms with Crippen LogP contribution >= 0.6 is 0 Å². The number of nitrogens with zero attached hydrogens (tertiary/aromatic N) is 1. The molecule has 0 unspecified atom stereocenters. The summed E-state index contributed by atoms with van der Waals surface area (Å²) in [6, 6.07) is 17.8. The van der Waals surface area contributed by atoms with Gasteiger partial charge in [0, 0.05) is 11.6 Å². The normalized spacial score (nSPS) is 16.8. The molecule has 1 fully saturated rings. The van der Waals surface area contributed by atoms with Gasteiger partial charge in [-0.2, -0.15) is 0 Å². The van der Waals surface area contributed by atoms with E-state index in [1.807, 2.05) is 30.3 Å². The Hall–Kier alpha value is -3.83. The molecule has 0 radical (unpaired) electrons. The molecule has 3 aromatic rings. The van der Waals surface area contributed by atoms with Crippen molar-refractivity contribution in [2.24, 2.45) is 0 Å². The predicted molar refractivity (Wildman–Crippen MR) is 153 cm³/mol. The molecule has 8 heteroatoms. The first-order chi connectivity index (χ1) is 19.3. The van der Waals surface area contributed by atoms with Crippen molar-refractivity contribution in [1.29, 1.82) is 0 Å². The Kier molecular flexibility index (Phi) is 8.41. The molecule has 0 bridgehead atoms. The van der Waals surface area contributed by atoms with Crippen LogP contribution in [0.5, 0.6) is 11.6 Å². The van der Waals surface area contributed by atoms with Crippen LogP contribution in [0.15, 0.2) is 54.6 Å². The SMILES string of the molecule is CC#C[C@@H](CC(=O)O)c1ccc(OCc2ccc3c(c2)-c2ccc(OC4CCS(=O)(=O)CC4)nc2CCC3)cc1. The number of aromatic nitrogens is 1. The van der Waals surface area contributed by atoms with Crippen LogP contribution in [0.4, 0.5) is 0 Å². The molecule has 5 rings (SSSR count). The van der Waals surface area contributed by atoms with E-state index in [9.17, 15) is 18.3 Å². The number of pyridine rings is 1. The average Bonchev–Trinajstić information content (AvgIpc) is 3.11. The van der Waals surface area contributed by atoms with Crippen molar-refractivity contribution in [2.45, 2.75) is 64.1 Å². The Labute approximate surface area is 235 Å². The van der Waals surface area contributed by atoms with Gasteiger partial charge in [0.05, 0.1) is 29.5 Å². The highest BCUT2D eigenvalue weighted by atomic mass is 32.2. The highest BCUT2D eigenvalue weighted by Crippen LogP contribution is 2.34. The number of hydrogen-bond acceptors (Lipinski definition) is 6. The van der Waals surface area contributed by atoms with Crippen molar-refractivity contribution in [3.63, 3.8) is 0 Å². The lowest BCUT2D eigenvalue weighted by molar-refractivity contribution is -0.137. The molecular weight excluding hydrogens is 526 g/mol. The molecule has 40 heavy (non-hydrogen) atoms. The fourth-order valence-corrected chi connectivity index (χ4v) is 6.78. The molecule has 2 heterocycles. The molecule has 1 aliphatic heterocycles. The first-order valence-corrected chi connectivity index (χ1v) is 15.5. The van der Waals surface area contributed by atoms with Crippen LogP contribution < -0.4 is 9.47 Å². The van der Waals surface area contributed by atoms with Gasteiger partial charge in [-0.15, -0.1) is 5.92 Å². The van der Waals surface area contributed by atoms with Gasteiger partial charge in [-0.3, -0.25) is 4.79 Å². The van der Waals surface area contributed by atoms with Gasteiger partial charge in [0.15, 0.2) is 9.84 Å². The van der Waals surface area contributed by atoms with Crippen molar-refractivity contribution < 1.29 is 27.8 Å². The summed E-state index contributed by atoms with van der Waals surface area (Å²) < 4.78 is 35.6. The largest absolute Gasteiger partial charge is 0.489 e. The zero-order valence-electron chi connectivity index (χ0n) is 22.6. The van der Waals surface area contributed by atoms with Crippen molar-refractivity contribution in [1.82, 2.24) is 4.98 Å². The van der Waals surface area contributed by atoms with Gasteiger partial charge in [0.25, 0.3) is 0 Å². The van der Waals surface area contributed by atoms with Crippen LogP contribution in [-0.2, 0) is 34.1 Å². The Morgan fingerprint density at radius 1 is 1.05 bits per heavy atom. The van der Waals surface area contributed by atoms with Crippen LogP contribution in [0.2, 0.25) is 0 Å². The third-order valence-electron chi connectivity index (χ3n) is 7.45. The second-order valence-electron chi connectivity index (χ2n) is 10.4. The molecule has 0 saturated carbocycles. The number of sulfone groups is 1. The maximum Gasteiger partial charge on any atom is 0.304 e. The maximum absolute atomic E-state index is 11.7. The van der Waals surface area contributed by atoms with Crippen LogP contribution in [-0.4, -0.2) is 42.1 Å². The standard InChI is InChI=1S/C32H33NO6S/c1-2-4-25(20-32(34)35)23-9-11-26(12-10-23)38-21-22-7-8-24-5-3-6-30-28(29(24)19-22)13-14-31(33-30)39-27-15-17-40(36,37)18-16-27/h7-14,19,25,27H,3,5-6,15-18,20-21H2,1H3,(H,34,35)/t25-/m0/s1. The first kappa shape index (κ1) is 27.7. The fraction of sp³-hybridized carbons (Fsp3) is 0.375. The topological polar surface area (TPSA) is 103 Å². The number of ether oxygens (including phenoxy) is 2. The van der Waals surface area contributed by atoms with E-state index in [0.29, 0.717) is 31.1 Å². The van der Waals surface area contributed by atoms with E-state index in [0.717, 1.165) is 47.2 Å². The zero-order chi connectivity index (χ0) is 28.1. The molecule has 2 aromatic carbocycles. The molecule has 1 atom stereocenters.